The van der Waals surface area contributed by atoms with Gasteiger partial charge >= 0.3 is 5.97 Å². The van der Waals surface area contributed by atoms with Gasteiger partial charge in [0.25, 0.3) is 0 Å². The van der Waals surface area contributed by atoms with E-state index in [1.54, 1.807) is 0 Å². The maximum absolute atomic E-state index is 11.7. The molecule has 0 aromatic heterocycles. The maximum atomic E-state index is 11.7. The highest BCUT2D eigenvalue weighted by atomic mass is 79.9. The van der Waals surface area contributed by atoms with Gasteiger partial charge in [0.05, 0.1) is 6.42 Å². The molecule has 2 atom stereocenters. The number of hydrogen-bond acceptors (Lipinski definition) is 2. The molecule has 1 fully saturated rings. The number of carbonyl (C=O) groups excluding carboxylic acids is 1. The molecule has 0 amide bonds. The van der Waals surface area contributed by atoms with Crippen LogP contribution >= 0.6 is 15.9 Å². The van der Waals surface area contributed by atoms with Gasteiger partial charge < -0.3 is 4.74 Å². The highest BCUT2D eigenvalue weighted by Gasteiger charge is 2.36. The van der Waals surface area contributed by atoms with Gasteiger partial charge in [-0.1, -0.05) is 58.4 Å². The summed E-state index contributed by atoms with van der Waals surface area (Å²) in [5.74, 6) is -0.0261. The van der Waals surface area contributed by atoms with E-state index in [4.69, 9.17) is 4.74 Å². The molecular weight excluding hydrogens is 304 g/mol. The van der Waals surface area contributed by atoms with Gasteiger partial charge in [0, 0.05) is 10.4 Å². The van der Waals surface area contributed by atoms with E-state index in [0.717, 1.165) is 15.6 Å². The number of rotatable bonds is 2. The van der Waals surface area contributed by atoms with Gasteiger partial charge in [-0.25, -0.2) is 0 Å². The third-order valence-electron chi connectivity index (χ3n) is 3.42. The van der Waals surface area contributed by atoms with Crippen LogP contribution in [0.3, 0.4) is 0 Å². The summed E-state index contributed by atoms with van der Waals surface area (Å²) in [5, 5.41) is 0. The normalized spacial score (nSPS) is 22.3. The van der Waals surface area contributed by atoms with Crippen LogP contribution in [0.25, 0.3) is 0 Å². The van der Waals surface area contributed by atoms with Crippen molar-refractivity contribution in [2.45, 2.75) is 18.4 Å². The summed E-state index contributed by atoms with van der Waals surface area (Å²) in [6.45, 7) is 0. The van der Waals surface area contributed by atoms with Gasteiger partial charge in [0.2, 0.25) is 0 Å². The molecule has 0 radical (unpaired) electrons. The van der Waals surface area contributed by atoms with Crippen LogP contribution < -0.4 is 0 Å². The Labute approximate surface area is 120 Å². The Hall–Kier alpha value is -1.61. The topological polar surface area (TPSA) is 26.3 Å². The van der Waals surface area contributed by atoms with Crippen molar-refractivity contribution in [3.63, 3.8) is 0 Å². The molecule has 1 aliphatic heterocycles. The predicted octanol–water partition coefficient (Wildman–Crippen LogP) is 4.22. The second-order valence-electron chi connectivity index (χ2n) is 4.69. The van der Waals surface area contributed by atoms with Gasteiger partial charge in [0.15, 0.2) is 0 Å². The van der Waals surface area contributed by atoms with Crippen molar-refractivity contribution < 1.29 is 9.53 Å². The fourth-order valence-corrected chi connectivity index (χ4v) is 2.95. The second-order valence-corrected chi connectivity index (χ2v) is 5.60. The first-order valence-electron chi connectivity index (χ1n) is 6.24. The van der Waals surface area contributed by atoms with E-state index in [1.807, 2.05) is 42.5 Å². The summed E-state index contributed by atoms with van der Waals surface area (Å²) in [4.78, 5) is 11.7. The highest BCUT2D eigenvalue weighted by molar-refractivity contribution is 9.10. The van der Waals surface area contributed by atoms with Gasteiger partial charge in [-0.2, -0.15) is 0 Å². The number of esters is 1. The second kappa shape index (κ2) is 5.17. The Morgan fingerprint density at radius 2 is 1.74 bits per heavy atom. The average molecular weight is 317 g/mol. The van der Waals surface area contributed by atoms with Crippen molar-refractivity contribution in [2.75, 3.05) is 0 Å². The summed E-state index contributed by atoms with van der Waals surface area (Å²) in [7, 11) is 0. The largest absolute Gasteiger partial charge is 0.457 e. The molecule has 0 saturated carbocycles. The summed E-state index contributed by atoms with van der Waals surface area (Å²) >= 11 is 3.46. The van der Waals surface area contributed by atoms with E-state index in [9.17, 15) is 4.79 Å². The van der Waals surface area contributed by atoms with E-state index >= 15 is 0 Å². The lowest BCUT2D eigenvalue weighted by Crippen LogP contribution is -2.06. The first-order chi connectivity index (χ1) is 9.24. The number of ether oxygens (including phenoxy) is 1. The predicted molar refractivity (Wildman–Crippen MR) is 76.8 cm³/mol. The molecule has 1 saturated heterocycles. The SMILES string of the molecule is O=C1CC(c2ccccc2)C(c2cccc(Br)c2)O1. The monoisotopic (exact) mass is 316 g/mol. The molecule has 0 N–H and O–H groups in total. The molecule has 2 aromatic rings. The summed E-state index contributed by atoms with van der Waals surface area (Å²) in [5.41, 5.74) is 2.19. The molecule has 3 heteroatoms. The van der Waals surface area contributed by atoms with E-state index < -0.39 is 0 Å². The third kappa shape index (κ3) is 2.56. The van der Waals surface area contributed by atoms with Crippen molar-refractivity contribution in [1.82, 2.24) is 0 Å². The van der Waals surface area contributed by atoms with Crippen LogP contribution in [0.15, 0.2) is 59.1 Å². The Balaban J connectivity index is 1.97. The van der Waals surface area contributed by atoms with Gasteiger partial charge in [-0.15, -0.1) is 0 Å². The molecule has 2 nitrogen and oxygen atoms in total. The molecule has 2 unspecified atom stereocenters. The number of carbonyl (C=O) groups is 1. The van der Waals surface area contributed by atoms with Crippen LogP contribution in [0.5, 0.6) is 0 Å². The zero-order valence-electron chi connectivity index (χ0n) is 10.3. The van der Waals surface area contributed by atoms with Crippen molar-refractivity contribution in [1.29, 1.82) is 0 Å². The lowest BCUT2D eigenvalue weighted by Gasteiger charge is -2.18. The standard InChI is InChI=1S/C16H13BrO2/c17-13-8-4-7-12(9-13)16-14(10-15(18)19-16)11-5-2-1-3-6-11/h1-9,14,16H,10H2. The van der Waals surface area contributed by atoms with Crippen molar-refractivity contribution in [3.8, 4) is 0 Å². The maximum Gasteiger partial charge on any atom is 0.307 e. The van der Waals surface area contributed by atoms with E-state index in [-0.39, 0.29) is 18.0 Å². The molecule has 0 spiro atoms. The van der Waals surface area contributed by atoms with Gasteiger partial charge in [-0.05, 0) is 23.3 Å². The molecular formula is C16H13BrO2. The number of halogens is 1. The molecule has 3 rings (SSSR count). The van der Waals surface area contributed by atoms with Crippen LogP contribution in [0.1, 0.15) is 29.6 Å². The van der Waals surface area contributed by atoms with Crippen LogP contribution in [0.2, 0.25) is 0 Å². The quantitative estimate of drug-likeness (QED) is 0.775. The van der Waals surface area contributed by atoms with E-state index in [1.165, 1.54) is 0 Å². The number of cyclic esters (lactones) is 1. The minimum atomic E-state index is -0.188. The van der Waals surface area contributed by atoms with Crippen molar-refractivity contribution in [3.05, 3.63) is 70.2 Å². The average Bonchev–Trinajstić information content (AvgIpc) is 2.82. The fraction of sp³-hybridized carbons (Fsp3) is 0.188. The first kappa shape index (κ1) is 12.4. The molecule has 96 valence electrons. The third-order valence-corrected chi connectivity index (χ3v) is 3.91. The van der Waals surface area contributed by atoms with Crippen molar-refractivity contribution >= 4 is 21.9 Å². The van der Waals surface area contributed by atoms with Gasteiger partial charge in [-0.3, -0.25) is 4.79 Å². The fourth-order valence-electron chi connectivity index (χ4n) is 2.54. The Morgan fingerprint density at radius 3 is 2.47 bits per heavy atom. The highest BCUT2D eigenvalue weighted by Crippen LogP contribution is 2.42. The zero-order chi connectivity index (χ0) is 13.2. The minimum absolute atomic E-state index is 0.100. The Kier molecular flexibility index (Phi) is 3.38. The van der Waals surface area contributed by atoms with Crippen LogP contribution in [0, 0.1) is 0 Å². The smallest absolute Gasteiger partial charge is 0.307 e. The summed E-state index contributed by atoms with van der Waals surface area (Å²) < 4.78 is 6.51. The van der Waals surface area contributed by atoms with Crippen LogP contribution in [0.4, 0.5) is 0 Å². The van der Waals surface area contributed by atoms with Crippen LogP contribution in [-0.4, -0.2) is 5.97 Å². The minimum Gasteiger partial charge on any atom is -0.457 e. The summed E-state index contributed by atoms with van der Waals surface area (Å²) in [6.07, 6.45) is 0.258. The van der Waals surface area contributed by atoms with Crippen LogP contribution in [-0.2, 0) is 9.53 Å². The molecule has 1 heterocycles. The lowest BCUT2D eigenvalue weighted by atomic mass is 9.89. The molecule has 2 aromatic carbocycles. The zero-order valence-corrected chi connectivity index (χ0v) is 11.8. The number of benzene rings is 2. The Bertz CT molecular complexity index is 595. The lowest BCUT2D eigenvalue weighted by molar-refractivity contribution is -0.141. The Morgan fingerprint density at radius 1 is 1.00 bits per heavy atom. The van der Waals surface area contributed by atoms with Crippen molar-refractivity contribution in [2.24, 2.45) is 0 Å². The van der Waals surface area contributed by atoms with Gasteiger partial charge in [0.1, 0.15) is 6.10 Å². The first-order valence-corrected chi connectivity index (χ1v) is 7.03. The number of hydrogen-bond donors (Lipinski definition) is 0. The molecule has 1 aliphatic rings. The molecule has 0 aliphatic carbocycles. The van der Waals surface area contributed by atoms with E-state index in [2.05, 4.69) is 28.1 Å². The molecule has 19 heavy (non-hydrogen) atoms. The summed E-state index contributed by atoms with van der Waals surface area (Å²) in [6, 6.07) is 18.0. The molecule has 0 bridgehead atoms. The van der Waals surface area contributed by atoms with E-state index in [0.29, 0.717) is 6.42 Å².